The molecule has 0 aliphatic rings. The summed E-state index contributed by atoms with van der Waals surface area (Å²) in [7, 11) is 1.60. The van der Waals surface area contributed by atoms with E-state index in [9.17, 15) is 9.59 Å². The fourth-order valence-electron chi connectivity index (χ4n) is 3.30. The number of aryl methyl sites for hydroxylation is 1. The van der Waals surface area contributed by atoms with E-state index >= 15 is 0 Å². The lowest BCUT2D eigenvalue weighted by Gasteiger charge is -2.08. The predicted octanol–water partition coefficient (Wildman–Crippen LogP) is 4.82. The predicted molar refractivity (Wildman–Crippen MR) is 108 cm³/mol. The third-order valence-electron chi connectivity index (χ3n) is 4.65. The third-order valence-corrected chi connectivity index (χ3v) is 5.18. The average Bonchev–Trinajstić information content (AvgIpc) is 2.92. The van der Waals surface area contributed by atoms with Crippen molar-refractivity contribution in [2.75, 3.05) is 7.11 Å². The van der Waals surface area contributed by atoms with Crippen LogP contribution < -0.4 is 4.74 Å². The highest BCUT2D eigenvalue weighted by atomic mass is 79.9. The largest absolute Gasteiger partial charge is 0.497 e. The first kappa shape index (κ1) is 19.2. The van der Waals surface area contributed by atoms with Crippen LogP contribution in [0.4, 0.5) is 0 Å². The van der Waals surface area contributed by atoms with Crippen LogP contribution in [0, 0.1) is 6.92 Å². The van der Waals surface area contributed by atoms with Crippen molar-refractivity contribution < 1.29 is 19.4 Å². The Hall–Kier alpha value is -2.60. The van der Waals surface area contributed by atoms with Gasteiger partial charge in [0.1, 0.15) is 5.75 Å². The Morgan fingerprint density at radius 3 is 2.48 bits per heavy atom. The molecule has 1 heterocycles. The molecule has 0 saturated carbocycles. The zero-order valence-electron chi connectivity index (χ0n) is 15.2. The Bertz CT molecular complexity index is 1010. The SMILES string of the molecule is COc1ccc2c(c1)c(CCCC(=O)O)c(C)n2C(=O)c1ccc(Br)cc1. The van der Waals surface area contributed by atoms with Crippen LogP contribution in [0.1, 0.15) is 34.5 Å². The molecule has 0 saturated heterocycles. The highest BCUT2D eigenvalue weighted by Crippen LogP contribution is 2.31. The van der Waals surface area contributed by atoms with Crippen molar-refractivity contribution in [3.05, 3.63) is 63.8 Å². The van der Waals surface area contributed by atoms with Gasteiger partial charge in [0, 0.05) is 27.5 Å². The number of aromatic nitrogens is 1. The van der Waals surface area contributed by atoms with Gasteiger partial charge >= 0.3 is 5.97 Å². The van der Waals surface area contributed by atoms with Crippen molar-refractivity contribution in [1.82, 2.24) is 4.57 Å². The normalized spacial score (nSPS) is 10.9. The van der Waals surface area contributed by atoms with Gasteiger partial charge in [-0.2, -0.15) is 0 Å². The van der Waals surface area contributed by atoms with Crippen molar-refractivity contribution in [2.24, 2.45) is 0 Å². The molecule has 0 aliphatic heterocycles. The van der Waals surface area contributed by atoms with Gasteiger partial charge in [0.2, 0.25) is 0 Å². The average molecular weight is 430 g/mol. The van der Waals surface area contributed by atoms with Crippen LogP contribution in [-0.2, 0) is 11.2 Å². The van der Waals surface area contributed by atoms with E-state index in [0.717, 1.165) is 26.6 Å². The second kappa shape index (κ2) is 7.96. The van der Waals surface area contributed by atoms with Crippen LogP contribution >= 0.6 is 15.9 Å². The monoisotopic (exact) mass is 429 g/mol. The molecule has 2 aromatic carbocycles. The maximum atomic E-state index is 13.2. The zero-order chi connectivity index (χ0) is 19.6. The van der Waals surface area contributed by atoms with Gasteiger partial charge in [-0.05, 0) is 67.8 Å². The number of benzene rings is 2. The minimum atomic E-state index is -0.820. The zero-order valence-corrected chi connectivity index (χ0v) is 16.7. The molecular weight excluding hydrogens is 410 g/mol. The summed E-state index contributed by atoms with van der Waals surface area (Å²) in [4.78, 5) is 24.0. The van der Waals surface area contributed by atoms with Gasteiger partial charge in [-0.3, -0.25) is 14.2 Å². The van der Waals surface area contributed by atoms with E-state index in [1.807, 2.05) is 37.3 Å². The van der Waals surface area contributed by atoms with Crippen molar-refractivity contribution >= 4 is 38.7 Å². The molecule has 1 aromatic heterocycles. The summed E-state index contributed by atoms with van der Waals surface area (Å²) < 4.78 is 7.95. The van der Waals surface area contributed by atoms with E-state index in [1.54, 1.807) is 23.8 Å². The molecule has 6 heteroatoms. The number of hydrogen-bond donors (Lipinski definition) is 1. The molecule has 0 amide bonds. The Morgan fingerprint density at radius 2 is 1.85 bits per heavy atom. The second-order valence-corrected chi connectivity index (χ2v) is 7.26. The Labute approximate surface area is 165 Å². The number of methoxy groups -OCH3 is 1. The molecule has 5 nitrogen and oxygen atoms in total. The maximum absolute atomic E-state index is 13.2. The van der Waals surface area contributed by atoms with Crippen LogP contribution in [0.2, 0.25) is 0 Å². The summed E-state index contributed by atoms with van der Waals surface area (Å²) in [5, 5.41) is 9.86. The van der Waals surface area contributed by atoms with Gasteiger partial charge in [-0.15, -0.1) is 0 Å². The summed E-state index contributed by atoms with van der Waals surface area (Å²) in [5.41, 5.74) is 3.20. The van der Waals surface area contributed by atoms with E-state index in [1.165, 1.54) is 0 Å². The molecule has 0 radical (unpaired) electrons. The van der Waals surface area contributed by atoms with Crippen LogP contribution in [0.25, 0.3) is 10.9 Å². The van der Waals surface area contributed by atoms with Gasteiger partial charge in [0.25, 0.3) is 5.91 Å². The molecule has 3 rings (SSSR count). The molecule has 27 heavy (non-hydrogen) atoms. The number of carbonyl (C=O) groups is 2. The van der Waals surface area contributed by atoms with Gasteiger partial charge in [0.15, 0.2) is 0 Å². The number of halogens is 1. The molecule has 0 fully saturated rings. The van der Waals surface area contributed by atoms with Crippen LogP contribution in [0.15, 0.2) is 46.9 Å². The summed E-state index contributed by atoms with van der Waals surface area (Å²) in [6.45, 7) is 1.90. The number of fused-ring (bicyclic) bond motifs is 1. The van der Waals surface area contributed by atoms with E-state index in [0.29, 0.717) is 24.2 Å². The van der Waals surface area contributed by atoms with Crippen molar-refractivity contribution in [3.63, 3.8) is 0 Å². The van der Waals surface area contributed by atoms with Crippen LogP contribution in [0.5, 0.6) is 5.75 Å². The maximum Gasteiger partial charge on any atom is 0.303 e. The van der Waals surface area contributed by atoms with Crippen LogP contribution in [0.3, 0.4) is 0 Å². The lowest BCUT2D eigenvalue weighted by molar-refractivity contribution is -0.137. The Morgan fingerprint density at radius 1 is 1.15 bits per heavy atom. The first-order chi connectivity index (χ1) is 12.9. The van der Waals surface area contributed by atoms with Gasteiger partial charge in [-0.25, -0.2) is 0 Å². The molecule has 0 aliphatic carbocycles. The highest BCUT2D eigenvalue weighted by molar-refractivity contribution is 9.10. The molecular formula is C21H20BrNO4. The number of carboxylic acids is 1. The van der Waals surface area contributed by atoms with Crippen molar-refractivity contribution in [1.29, 1.82) is 0 Å². The minimum Gasteiger partial charge on any atom is -0.497 e. The first-order valence-electron chi connectivity index (χ1n) is 8.62. The topological polar surface area (TPSA) is 68.5 Å². The highest BCUT2D eigenvalue weighted by Gasteiger charge is 2.20. The summed E-state index contributed by atoms with van der Waals surface area (Å²) in [6.07, 6.45) is 1.19. The first-order valence-corrected chi connectivity index (χ1v) is 9.41. The van der Waals surface area contributed by atoms with Crippen molar-refractivity contribution in [2.45, 2.75) is 26.2 Å². The van der Waals surface area contributed by atoms with E-state index in [-0.39, 0.29) is 12.3 Å². The smallest absolute Gasteiger partial charge is 0.303 e. The lowest BCUT2D eigenvalue weighted by Crippen LogP contribution is -2.13. The molecule has 1 N–H and O–H groups in total. The summed E-state index contributed by atoms with van der Waals surface area (Å²) in [6, 6.07) is 12.9. The molecule has 0 bridgehead atoms. The standard InChI is InChI=1S/C21H20BrNO4/c1-13-17(4-3-5-20(24)25)18-12-16(27-2)10-11-19(18)23(13)21(26)14-6-8-15(22)9-7-14/h6-12H,3-5H2,1-2H3,(H,24,25). The van der Waals surface area contributed by atoms with Gasteiger partial charge in [-0.1, -0.05) is 15.9 Å². The lowest BCUT2D eigenvalue weighted by atomic mass is 10.0. The number of ether oxygens (including phenoxy) is 1. The van der Waals surface area contributed by atoms with Gasteiger partial charge in [0.05, 0.1) is 12.6 Å². The molecule has 0 unspecified atom stereocenters. The van der Waals surface area contributed by atoms with Crippen LogP contribution in [-0.4, -0.2) is 28.7 Å². The molecule has 3 aromatic rings. The summed E-state index contributed by atoms with van der Waals surface area (Å²) >= 11 is 3.39. The fourth-order valence-corrected chi connectivity index (χ4v) is 3.57. The number of hydrogen-bond acceptors (Lipinski definition) is 3. The van der Waals surface area contributed by atoms with Gasteiger partial charge < -0.3 is 9.84 Å². The Balaban J connectivity index is 2.11. The third kappa shape index (κ3) is 3.90. The second-order valence-electron chi connectivity index (χ2n) is 6.34. The summed E-state index contributed by atoms with van der Waals surface area (Å²) in [5.74, 6) is -0.227. The fraction of sp³-hybridized carbons (Fsp3) is 0.238. The molecule has 0 atom stereocenters. The number of aliphatic carboxylic acids is 1. The number of nitrogens with zero attached hydrogens (tertiary/aromatic N) is 1. The molecule has 140 valence electrons. The van der Waals surface area contributed by atoms with E-state index < -0.39 is 5.97 Å². The number of carboxylic acid groups (broad SMARTS) is 1. The Kier molecular flexibility index (Phi) is 5.65. The van der Waals surface area contributed by atoms with Crippen molar-refractivity contribution in [3.8, 4) is 5.75 Å². The minimum absolute atomic E-state index is 0.0940. The van der Waals surface area contributed by atoms with E-state index in [4.69, 9.17) is 9.84 Å². The number of rotatable bonds is 6. The van der Waals surface area contributed by atoms with E-state index in [2.05, 4.69) is 15.9 Å². The quantitative estimate of drug-likeness (QED) is 0.609. The molecule has 0 spiro atoms. The number of carbonyl (C=O) groups excluding carboxylic acids is 1.